The molecule has 84 valence electrons. The minimum Gasteiger partial charge on any atom is -0.401 e. The lowest BCUT2D eigenvalue weighted by Gasteiger charge is -2.06. The largest absolute Gasteiger partial charge is 0.401 e. The standard InChI is InChI=1S/C15H14N2/c1-11(16)10-17-14-8-4-2-6-12(14)13-7-3-5-9-15(13)17/h2-9H,1,10,16H2. The molecule has 0 unspecified atom stereocenters. The first-order valence-electron chi connectivity index (χ1n) is 5.66. The summed E-state index contributed by atoms with van der Waals surface area (Å²) >= 11 is 0. The molecule has 3 aromatic rings. The number of aromatic nitrogens is 1. The molecule has 0 fully saturated rings. The fraction of sp³-hybridized carbons (Fsp3) is 0.0667. The van der Waals surface area contributed by atoms with E-state index in [-0.39, 0.29) is 0 Å². The summed E-state index contributed by atoms with van der Waals surface area (Å²) in [5.74, 6) is 0. The lowest BCUT2D eigenvalue weighted by molar-refractivity contribution is 0.842. The van der Waals surface area contributed by atoms with Crippen LogP contribution >= 0.6 is 0 Å². The van der Waals surface area contributed by atoms with Crippen LogP contribution in [0.4, 0.5) is 0 Å². The summed E-state index contributed by atoms with van der Waals surface area (Å²) in [6, 6.07) is 16.8. The van der Waals surface area contributed by atoms with Crippen molar-refractivity contribution in [1.82, 2.24) is 4.57 Å². The topological polar surface area (TPSA) is 30.9 Å². The van der Waals surface area contributed by atoms with E-state index in [1.165, 1.54) is 21.8 Å². The number of rotatable bonds is 2. The third kappa shape index (κ3) is 1.49. The van der Waals surface area contributed by atoms with Crippen molar-refractivity contribution in [3.63, 3.8) is 0 Å². The van der Waals surface area contributed by atoms with Gasteiger partial charge < -0.3 is 10.3 Å². The van der Waals surface area contributed by atoms with Crippen LogP contribution in [0.1, 0.15) is 0 Å². The first kappa shape index (κ1) is 9.97. The Balaban J connectivity index is 2.45. The van der Waals surface area contributed by atoms with Crippen molar-refractivity contribution in [2.75, 3.05) is 0 Å². The molecule has 17 heavy (non-hydrogen) atoms. The van der Waals surface area contributed by atoms with Gasteiger partial charge in [-0.05, 0) is 12.1 Å². The molecule has 0 saturated heterocycles. The molecule has 2 aromatic carbocycles. The molecule has 2 nitrogen and oxygen atoms in total. The van der Waals surface area contributed by atoms with Crippen LogP contribution in [0.25, 0.3) is 21.8 Å². The van der Waals surface area contributed by atoms with Crippen molar-refractivity contribution < 1.29 is 0 Å². The van der Waals surface area contributed by atoms with Gasteiger partial charge in [0.05, 0.1) is 6.54 Å². The van der Waals surface area contributed by atoms with E-state index in [0.717, 1.165) is 0 Å². The molecule has 0 radical (unpaired) electrons. The lowest BCUT2D eigenvalue weighted by atomic mass is 10.2. The molecule has 0 aliphatic heterocycles. The lowest BCUT2D eigenvalue weighted by Crippen LogP contribution is -2.06. The van der Waals surface area contributed by atoms with Gasteiger partial charge in [0.1, 0.15) is 0 Å². The molecule has 0 aliphatic carbocycles. The maximum absolute atomic E-state index is 5.75. The predicted molar refractivity (Wildman–Crippen MR) is 72.8 cm³/mol. The molecule has 0 bridgehead atoms. The van der Waals surface area contributed by atoms with Gasteiger partial charge in [-0.1, -0.05) is 43.0 Å². The monoisotopic (exact) mass is 222 g/mol. The second-order valence-corrected chi connectivity index (χ2v) is 4.28. The molecule has 1 heterocycles. The number of hydrogen-bond donors (Lipinski definition) is 1. The van der Waals surface area contributed by atoms with Crippen LogP contribution in [0.2, 0.25) is 0 Å². The van der Waals surface area contributed by atoms with E-state index in [1.807, 2.05) is 0 Å². The Hall–Kier alpha value is -2.22. The van der Waals surface area contributed by atoms with Gasteiger partial charge in [0.2, 0.25) is 0 Å². The van der Waals surface area contributed by atoms with Gasteiger partial charge in [-0.25, -0.2) is 0 Å². The first-order valence-corrected chi connectivity index (χ1v) is 5.66. The highest BCUT2D eigenvalue weighted by molar-refractivity contribution is 6.07. The van der Waals surface area contributed by atoms with Crippen molar-refractivity contribution in [3.8, 4) is 0 Å². The average Bonchev–Trinajstić information content (AvgIpc) is 2.65. The molecular formula is C15H14N2. The van der Waals surface area contributed by atoms with E-state index in [0.29, 0.717) is 12.2 Å². The molecule has 0 aliphatic rings. The van der Waals surface area contributed by atoms with Crippen LogP contribution in [-0.4, -0.2) is 4.57 Å². The van der Waals surface area contributed by atoms with E-state index in [1.54, 1.807) is 0 Å². The number of nitrogens with zero attached hydrogens (tertiary/aromatic N) is 1. The number of allylic oxidation sites excluding steroid dienone is 1. The normalized spacial score (nSPS) is 11.1. The Morgan fingerprint density at radius 3 is 1.88 bits per heavy atom. The fourth-order valence-corrected chi connectivity index (χ4v) is 2.38. The van der Waals surface area contributed by atoms with Crippen LogP contribution in [0.3, 0.4) is 0 Å². The highest BCUT2D eigenvalue weighted by atomic mass is 15.0. The second kappa shape index (κ2) is 3.67. The second-order valence-electron chi connectivity index (χ2n) is 4.28. The summed E-state index contributed by atoms with van der Waals surface area (Å²) in [7, 11) is 0. The fourth-order valence-electron chi connectivity index (χ4n) is 2.38. The highest BCUT2D eigenvalue weighted by Crippen LogP contribution is 2.28. The van der Waals surface area contributed by atoms with Gasteiger partial charge in [-0.2, -0.15) is 0 Å². The van der Waals surface area contributed by atoms with Gasteiger partial charge in [0.25, 0.3) is 0 Å². The molecule has 2 heteroatoms. The van der Waals surface area contributed by atoms with Gasteiger partial charge >= 0.3 is 0 Å². The van der Waals surface area contributed by atoms with Crippen LogP contribution in [-0.2, 0) is 6.54 Å². The highest BCUT2D eigenvalue weighted by Gasteiger charge is 2.08. The molecule has 0 saturated carbocycles. The number of hydrogen-bond acceptors (Lipinski definition) is 1. The summed E-state index contributed by atoms with van der Waals surface area (Å²) in [6.45, 7) is 4.46. The van der Waals surface area contributed by atoms with E-state index in [4.69, 9.17) is 5.73 Å². The van der Waals surface area contributed by atoms with Crippen LogP contribution < -0.4 is 5.73 Å². The number of nitrogens with two attached hydrogens (primary N) is 1. The first-order chi connectivity index (χ1) is 8.27. The number of benzene rings is 2. The molecule has 1 aromatic heterocycles. The average molecular weight is 222 g/mol. The number of para-hydroxylation sites is 2. The maximum Gasteiger partial charge on any atom is 0.0621 e. The summed E-state index contributed by atoms with van der Waals surface area (Å²) in [5, 5.41) is 2.54. The summed E-state index contributed by atoms with van der Waals surface area (Å²) < 4.78 is 2.22. The minimum absolute atomic E-state index is 0.661. The van der Waals surface area contributed by atoms with E-state index in [2.05, 4.69) is 59.7 Å². The molecule has 0 spiro atoms. The number of fused-ring (bicyclic) bond motifs is 3. The zero-order valence-electron chi connectivity index (χ0n) is 9.56. The van der Waals surface area contributed by atoms with Crippen LogP contribution in [0.5, 0.6) is 0 Å². The van der Waals surface area contributed by atoms with E-state index < -0.39 is 0 Å². The maximum atomic E-state index is 5.75. The molecule has 0 amide bonds. The van der Waals surface area contributed by atoms with Crippen molar-refractivity contribution in [3.05, 3.63) is 60.8 Å². The minimum atomic E-state index is 0.661. The van der Waals surface area contributed by atoms with Crippen molar-refractivity contribution in [2.24, 2.45) is 5.73 Å². The van der Waals surface area contributed by atoms with E-state index in [9.17, 15) is 0 Å². The summed E-state index contributed by atoms with van der Waals surface area (Å²) in [4.78, 5) is 0. The molecular weight excluding hydrogens is 208 g/mol. The zero-order valence-corrected chi connectivity index (χ0v) is 9.56. The Morgan fingerprint density at radius 1 is 0.941 bits per heavy atom. The Morgan fingerprint density at radius 2 is 1.41 bits per heavy atom. The van der Waals surface area contributed by atoms with Crippen molar-refractivity contribution in [1.29, 1.82) is 0 Å². The third-order valence-corrected chi connectivity index (χ3v) is 3.04. The van der Waals surface area contributed by atoms with Crippen molar-refractivity contribution in [2.45, 2.75) is 6.54 Å². The Labute approximate surface area is 100.0 Å². The summed E-state index contributed by atoms with van der Waals surface area (Å²) in [6.07, 6.45) is 0. The SMILES string of the molecule is C=C(N)Cn1c2ccccc2c2ccccc21. The van der Waals surface area contributed by atoms with Gasteiger partial charge in [-0.3, -0.25) is 0 Å². The summed E-state index contributed by atoms with van der Waals surface area (Å²) in [5.41, 5.74) is 8.84. The zero-order chi connectivity index (χ0) is 11.8. The quantitative estimate of drug-likeness (QED) is 0.708. The van der Waals surface area contributed by atoms with Gasteiger partial charge in [0.15, 0.2) is 0 Å². The van der Waals surface area contributed by atoms with Crippen LogP contribution in [0.15, 0.2) is 60.8 Å². The third-order valence-electron chi connectivity index (χ3n) is 3.04. The van der Waals surface area contributed by atoms with Gasteiger partial charge in [-0.15, -0.1) is 0 Å². The van der Waals surface area contributed by atoms with Crippen LogP contribution in [0, 0.1) is 0 Å². The molecule has 0 atom stereocenters. The molecule has 3 rings (SSSR count). The smallest absolute Gasteiger partial charge is 0.0621 e. The predicted octanol–water partition coefficient (Wildman–Crippen LogP) is 3.27. The van der Waals surface area contributed by atoms with Crippen molar-refractivity contribution >= 4 is 21.8 Å². The van der Waals surface area contributed by atoms with E-state index >= 15 is 0 Å². The van der Waals surface area contributed by atoms with Gasteiger partial charge in [0, 0.05) is 27.5 Å². The Bertz CT molecular complexity index is 654. The Kier molecular flexibility index (Phi) is 2.15. The molecule has 2 N–H and O–H groups in total.